The third-order valence-corrected chi connectivity index (χ3v) is 11.2. The molecule has 0 spiro atoms. The van der Waals surface area contributed by atoms with Crippen LogP contribution in [-0.2, 0) is 48.2 Å². The van der Waals surface area contributed by atoms with Crippen molar-refractivity contribution in [2.45, 2.75) is 109 Å². The zero-order chi connectivity index (χ0) is 39.4. The lowest BCUT2D eigenvalue weighted by atomic mass is 9.45. The van der Waals surface area contributed by atoms with E-state index in [9.17, 15) is 42.6 Å². The van der Waals surface area contributed by atoms with Gasteiger partial charge in [-0.25, -0.2) is 13.2 Å². The molecule has 288 valence electrons. The number of fused-ring (bicyclic) bond motifs is 5. The predicted octanol–water partition coefficient (Wildman–Crippen LogP) is 2.91. The van der Waals surface area contributed by atoms with Gasteiger partial charge >= 0.3 is 29.4 Å². The van der Waals surface area contributed by atoms with Crippen LogP contribution in [0.4, 0.5) is 13.2 Å². The van der Waals surface area contributed by atoms with Crippen molar-refractivity contribution >= 4 is 34.0 Å². The molecule has 1 heterocycles. The molecule has 9 atom stereocenters. The maximum absolute atomic E-state index is 13.8. The van der Waals surface area contributed by atoms with Gasteiger partial charge in [0.15, 0.2) is 21.8 Å². The molecule has 14 nitrogen and oxygen atoms in total. The van der Waals surface area contributed by atoms with Crippen LogP contribution in [0.1, 0.15) is 71.7 Å². The number of ether oxygens (including phenoxy) is 5. The number of carbonyl (C=O) groups excluding carboxylic acids is 4. The first-order valence-electron chi connectivity index (χ1n) is 16.1. The fourth-order valence-corrected chi connectivity index (χ4v) is 8.21. The lowest BCUT2D eigenvalue weighted by molar-refractivity contribution is -0.338. The minimum absolute atomic E-state index is 0.0821. The van der Waals surface area contributed by atoms with Gasteiger partial charge in [-0.2, -0.15) is 13.2 Å². The number of hydrogen-bond donors (Lipinski definition) is 2. The molecular weight excluding hydrogens is 721 g/mol. The fourth-order valence-electron chi connectivity index (χ4n) is 8.21. The molecule has 2 bridgehead atoms. The van der Waals surface area contributed by atoms with E-state index in [0.717, 1.165) is 0 Å². The van der Waals surface area contributed by atoms with E-state index in [1.54, 1.807) is 58.0 Å². The van der Waals surface area contributed by atoms with Gasteiger partial charge in [-0.15, -0.1) is 0 Å². The fraction of sp³-hybridized carbons (Fsp3) is 0.618. The smallest absolute Gasteiger partial charge is 0.485 e. The summed E-state index contributed by atoms with van der Waals surface area (Å²) in [6.45, 7) is 10.5. The van der Waals surface area contributed by atoms with Crippen LogP contribution in [0.3, 0.4) is 0 Å². The lowest BCUT2D eigenvalue weighted by Crippen LogP contribution is -2.80. The molecule has 0 amide bonds. The van der Waals surface area contributed by atoms with Crippen molar-refractivity contribution < 1.29 is 79.2 Å². The summed E-state index contributed by atoms with van der Waals surface area (Å²) in [6, 6.07) is 8.26. The van der Waals surface area contributed by atoms with Crippen molar-refractivity contribution in [1.82, 2.24) is 0 Å². The van der Waals surface area contributed by atoms with Crippen LogP contribution < -0.4 is 0 Å². The number of rotatable bonds is 5. The van der Waals surface area contributed by atoms with E-state index in [2.05, 4.69) is 0 Å². The molecule has 1 aromatic carbocycles. The van der Waals surface area contributed by atoms with Gasteiger partial charge in [0, 0.05) is 32.6 Å². The number of halogens is 3. The molecule has 1 saturated heterocycles. The normalized spacial score (nSPS) is 34.9. The summed E-state index contributed by atoms with van der Waals surface area (Å²) in [5.74, 6) is -3.74. The predicted molar refractivity (Wildman–Crippen MR) is 169 cm³/mol. The molecule has 5 rings (SSSR count). The van der Waals surface area contributed by atoms with Gasteiger partial charge in [-0.05, 0) is 37.1 Å². The summed E-state index contributed by atoms with van der Waals surface area (Å²) in [5.41, 5.74) is -10.7. The highest BCUT2D eigenvalue weighted by atomic mass is 32.2. The Bertz CT molecular complexity index is 1730. The minimum Gasteiger partial charge on any atom is -0.741 e. The molecule has 0 unspecified atom stereocenters. The van der Waals surface area contributed by atoms with Gasteiger partial charge in [0.2, 0.25) is 0 Å². The van der Waals surface area contributed by atoms with Gasteiger partial charge in [0.05, 0.1) is 24.5 Å². The topological polar surface area (TPSA) is 212 Å². The van der Waals surface area contributed by atoms with Crippen molar-refractivity contribution in [1.29, 1.82) is 0 Å². The summed E-state index contributed by atoms with van der Waals surface area (Å²) in [6.07, 6.45) is -3.99. The first kappa shape index (κ1) is 41.1. The van der Waals surface area contributed by atoms with Crippen molar-refractivity contribution in [3.8, 4) is 0 Å². The number of hydrogen-bond acceptors (Lipinski definition) is 14. The molecule has 0 aromatic heterocycles. The van der Waals surface area contributed by atoms with Crippen LogP contribution in [0, 0.1) is 23.2 Å². The Morgan fingerprint density at radius 3 is 2.00 bits per heavy atom. The van der Waals surface area contributed by atoms with Crippen molar-refractivity contribution in [3.63, 3.8) is 0 Å². The molecule has 2 saturated carbocycles. The van der Waals surface area contributed by atoms with Crippen LogP contribution in [0.5, 0.6) is 0 Å². The van der Waals surface area contributed by atoms with E-state index in [1.807, 2.05) is 6.42 Å². The zero-order valence-corrected chi connectivity index (χ0v) is 30.2. The van der Waals surface area contributed by atoms with Crippen LogP contribution in [-0.4, -0.2) is 101 Å². The average molecular weight is 763 g/mol. The molecule has 0 radical (unpaired) electrons. The van der Waals surface area contributed by atoms with Crippen LogP contribution in [0.2, 0.25) is 0 Å². The molecule has 18 heteroatoms. The third-order valence-electron chi connectivity index (χ3n) is 10.6. The molecule has 3 fully saturated rings. The van der Waals surface area contributed by atoms with E-state index >= 15 is 0 Å². The molecule has 1 aromatic rings. The summed E-state index contributed by atoms with van der Waals surface area (Å²) in [4.78, 5) is 51.4. The average Bonchev–Trinajstić information content (AvgIpc) is 2.99. The molecule has 52 heavy (non-hydrogen) atoms. The SMILES string of the molecule is CC(=O)O[C@H]1C[C@@]2(O)[C@@H](OC(=O)c3ccccc3)[C@H]3[C@@](C)([CH+]C[C@H]4OC[C@]43OC(C)=O)[C@@H](O)[C@H](OC(C)=O)C(=C1C)C2(C)C.O=S(=O)([O-])C(F)(F)F. The number of carbonyl (C=O) groups is 4. The van der Waals surface area contributed by atoms with Crippen LogP contribution in [0.15, 0.2) is 41.5 Å². The number of aliphatic hydroxyl groups is 2. The Hall–Kier alpha value is -3.71. The Kier molecular flexibility index (Phi) is 11.0. The number of alkyl halides is 3. The first-order valence-corrected chi connectivity index (χ1v) is 17.5. The third kappa shape index (κ3) is 7.02. The summed E-state index contributed by atoms with van der Waals surface area (Å²) in [7, 11) is -6.09. The largest absolute Gasteiger partial charge is 0.741 e. The second kappa shape index (κ2) is 13.9. The van der Waals surface area contributed by atoms with Crippen LogP contribution in [0.25, 0.3) is 0 Å². The maximum atomic E-state index is 13.8. The Morgan fingerprint density at radius 2 is 1.54 bits per heavy atom. The molecule has 2 N–H and O–H groups in total. The Morgan fingerprint density at radius 1 is 0.981 bits per heavy atom. The number of esters is 4. The van der Waals surface area contributed by atoms with Gasteiger partial charge in [0.1, 0.15) is 41.9 Å². The minimum atomic E-state index is -6.09. The van der Waals surface area contributed by atoms with Crippen molar-refractivity contribution in [3.05, 3.63) is 53.5 Å². The van der Waals surface area contributed by atoms with E-state index < -0.39 is 98.0 Å². The number of aliphatic hydroxyl groups excluding tert-OH is 1. The van der Waals surface area contributed by atoms with Gasteiger partial charge in [0.25, 0.3) is 0 Å². The highest BCUT2D eigenvalue weighted by Crippen LogP contribution is 2.65. The van der Waals surface area contributed by atoms with Gasteiger partial charge < -0.3 is 38.5 Å². The van der Waals surface area contributed by atoms with Gasteiger partial charge in [-0.1, -0.05) is 32.0 Å². The lowest BCUT2D eigenvalue weighted by Gasteiger charge is -2.65. The second-order valence-corrected chi connectivity index (χ2v) is 15.5. The summed E-state index contributed by atoms with van der Waals surface area (Å²) in [5, 5.41) is 25.5. The molecular formula is C34H41F3O14S. The number of benzene rings is 1. The quantitative estimate of drug-likeness (QED) is 0.110. The van der Waals surface area contributed by atoms with E-state index in [-0.39, 0.29) is 25.0 Å². The van der Waals surface area contributed by atoms with Gasteiger partial charge in [-0.3, -0.25) is 14.4 Å². The Labute approximate surface area is 298 Å². The van der Waals surface area contributed by atoms with E-state index in [0.29, 0.717) is 11.1 Å². The Balaban J connectivity index is 0.000000677. The summed E-state index contributed by atoms with van der Waals surface area (Å²) < 4.78 is 88.7. The van der Waals surface area contributed by atoms with Crippen LogP contribution >= 0.6 is 0 Å². The molecule has 3 aliphatic carbocycles. The van der Waals surface area contributed by atoms with E-state index in [4.69, 9.17) is 36.7 Å². The maximum Gasteiger partial charge on any atom is 0.485 e. The second-order valence-electron chi connectivity index (χ2n) is 14.1. The van der Waals surface area contributed by atoms with E-state index in [1.165, 1.54) is 20.8 Å². The first-order chi connectivity index (χ1) is 23.7. The summed E-state index contributed by atoms with van der Waals surface area (Å²) >= 11 is 0. The molecule has 4 aliphatic rings. The monoisotopic (exact) mass is 762 g/mol. The van der Waals surface area contributed by atoms with Crippen molar-refractivity contribution in [2.24, 2.45) is 16.7 Å². The molecule has 1 aliphatic heterocycles. The zero-order valence-electron chi connectivity index (χ0n) is 29.4. The highest BCUT2D eigenvalue weighted by Gasteiger charge is 2.79. The van der Waals surface area contributed by atoms with Crippen molar-refractivity contribution in [2.75, 3.05) is 6.61 Å². The standard InChI is InChI=1S/C33H41O11.CHF3O3S/c1-17-22(41-18(2)34)15-33(39)28(43-29(38)21-11-9-8-10-12-21)26-31(7,14-13-23-32(26,16-40-23)44-20(4)36)27(37)25(42-19(3)35)24(17)30(33,5)6;2-1(3,4)8(5,6)7/h8-12,14,22-23,25-28,37,39H,13,15-16H2,1-7H3;(H,5,6,7)/q+1;/p-1/t22-,23+,25+,26-,27-,28-,31+,32-,33+;/m0./s1. The highest BCUT2D eigenvalue weighted by molar-refractivity contribution is 7.86.